The summed E-state index contributed by atoms with van der Waals surface area (Å²) in [5.41, 5.74) is 2.68. The lowest BCUT2D eigenvalue weighted by atomic mass is 10.1. The van der Waals surface area contributed by atoms with E-state index >= 15 is 0 Å². The number of rotatable bonds is 5. The van der Waals surface area contributed by atoms with Crippen molar-refractivity contribution in [3.63, 3.8) is 0 Å². The Kier molecular flexibility index (Phi) is 5.37. The minimum Gasteiger partial charge on any atom is -0.347 e. The maximum atomic E-state index is 12.3. The lowest BCUT2D eigenvalue weighted by Crippen LogP contribution is -2.23. The van der Waals surface area contributed by atoms with Crippen LogP contribution in [-0.4, -0.2) is 10.9 Å². The monoisotopic (exact) mass is 322 g/mol. The number of carbonyl (C=O) groups excluding carboxylic acids is 1. The Balaban J connectivity index is 2.10. The molecule has 21 heavy (non-hydrogen) atoms. The van der Waals surface area contributed by atoms with E-state index in [1.807, 2.05) is 13.8 Å². The fourth-order valence-corrected chi connectivity index (χ4v) is 3.17. The van der Waals surface area contributed by atoms with Crippen molar-refractivity contribution in [1.29, 1.82) is 0 Å². The third-order valence-electron chi connectivity index (χ3n) is 3.30. The zero-order valence-electron chi connectivity index (χ0n) is 12.4. The molecule has 0 radical (unpaired) electrons. The zero-order valence-corrected chi connectivity index (χ0v) is 14.0. The van der Waals surface area contributed by atoms with Crippen LogP contribution in [0.2, 0.25) is 5.15 Å². The normalized spacial score (nSPS) is 10.9. The molecule has 2 rings (SSSR count). The average molecular weight is 323 g/mol. The van der Waals surface area contributed by atoms with Gasteiger partial charge in [-0.1, -0.05) is 32.4 Å². The molecule has 112 valence electrons. The number of aromatic nitrogens is 1. The van der Waals surface area contributed by atoms with Crippen LogP contribution in [0.3, 0.4) is 0 Å². The quantitative estimate of drug-likeness (QED) is 0.828. The number of thiophene rings is 1. The van der Waals surface area contributed by atoms with E-state index in [9.17, 15) is 4.79 Å². The van der Waals surface area contributed by atoms with Crippen LogP contribution in [0.25, 0.3) is 0 Å². The number of nitrogens with one attached hydrogen (secondary N) is 1. The molecule has 1 amide bonds. The molecule has 0 atom stereocenters. The predicted octanol–water partition coefficient (Wildman–Crippen LogP) is 4.41. The maximum absolute atomic E-state index is 12.3. The van der Waals surface area contributed by atoms with Gasteiger partial charge in [-0.25, -0.2) is 4.98 Å². The molecule has 0 aliphatic rings. The number of halogens is 1. The van der Waals surface area contributed by atoms with E-state index in [0.29, 0.717) is 17.3 Å². The maximum Gasteiger partial charge on any atom is 0.251 e. The standard InChI is InChI=1S/C16H19ClN2OS/c1-4-11-5-6-21-14(11)9-18-16(20)12-7-13(10(2)3)19-15(17)8-12/h5-8,10H,4,9H2,1-3H3,(H,18,20). The molecular formula is C16H19ClN2OS. The fourth-order valence-electron chi connectivity index (χ4n) is 2.04. The second kappa shape index (κ2) is 7.05. The highest BCUT2D eigenvalue weighted by Crippen LogP contribution is 2.19. The van der Waals surface area contributed by atoms with Crippen molar-refractivity contribution in [3.8, 4) is 0 Å². The van der Waals surface area contributed by atoms with Gasteiger partial charge in [0.15, 0.2) is 0 Å². The van der Waals surface area contributed by atoms with Gasteiger partial charge in [0.2, 0.25) is 0 Å². The Morgan fingerprint density at radius 2 is 2.19 bits per heavy atom. The highest BCUT2D eigenvalue weighted by molar-refractivity contribution is 7.10. The van der Waals surface area contributed by atoms with Gasteiger partial charge in [0.1, 0.15) is 5.15 Å². The van der Waals surface area contributed by atoms with Gasteiger partial charge in [-0.15, -0.1) is 11.3 Å². The average Bonchev–Trinajstić information content (AvgIpc) is 2.91. The number of nitrogens with zero attached hydrogens (tertiary/aromatic N) is 1. The molecule has 3 nitrogen and oxygen atoms in total. The van der Waals surface area contributed by atoms with E-state index in [1.54, 1.807) is 23.5 Å². The van der Waals surface area contributed by atoms with Crippen LogP contribution in [-0.2, 0) is 13.0 Å². The van der Waals surface area contributed by atoms with Gasteiger partial charge in [-0.2, -0.15) is 0 Å². The van der Waals surface area contributed by atoms with E-state index < -0.39 is 0 Å². The zero-order chi connectivity index (χ0) is 15.4. The molecule has 2 aromatic rings. The molecule has 2 aromatic heterocycles. The summed E-state index contributed by atoms with van der Waals surface area (Å²) < 4.78 is 0. The van der Waals surface area contributed by atoms with Crippen LogP contribution in [0.5, 0.6) is 0 Å². The number of aryl methyl sites for hydroxylation is 1. The topological polar surface area (TPSA) is 42.0 Å². The van der Waals surface area contributed by atoms with Gasteiger partial charge in [-0.05, 0) is 41.5 Å². The van der Waals surface area contributed by atoms with Crippen molar-refractivity contribution in [2.24, 2.45) is 0 Å². The van der Waals surface area contributed by atoms with Crippen molar-refractivity contribution >= 4 is 28.8 Å². The van der Waals surface area contributed by atoms with Gasteiger partial charge in [-0.3, -0.25) is 4.79 Å². The number of hydrogen-bond donors (Lipinski definition) is 1. The third kappa shape index (κ3) is 4.05. The van der Waals surface area contributed by atoms with Crippen molar-refractivity contribution in [2.75, 3.05) is 0 Å². The molecule has 5 heteroatoms. The molecule has 0 aliphatic carbocycles. The number of amides is 1. The smallest absolute Gasteiger partial charge is 0.251 e. The van der Waals surface area contributed by atoms with Gasteiger partial charge in [0.25, 0.3) is 5.91 Å². The van der Waals surface area contributed by atoms with Gasteiger partial charge >= 0.3 is 0 Å². The lowest BCUT2D eigenvalue weighted by Gasteiger charge is -2.09. The Hall–Kier alpha value is -1.39. The number of carbonyl (C=O) groups is 1. The van der Waals surface area contributed by atoms with E-state index in [4.69, 9.17) is 11.6 Å². The van der Waals surface area contributed by atoms with Crippen molar-refractivity contribution < 1.29 is 4.79 Å². The van der Waals surface area contributed by atoms with Crippen LogP contribution >= 0.6 is 22.9 Å². The fraction of sp³-hybridized carbons (Fsp3) is 0.375. The van der Waals surface area contributed by atoms with E-state index in [0.717, 1.165) is 12.1 Å². The summed E-state index contributed by atoms with van der Waals surface area (Å²) >= 11 is 7.67. The molecule has 0 saturated heterocycles. The molecule has 1 N–H and O–H groups in total. The van der Waals surface area contributed by atoms with Crippen LogP contribution in [0.1, 0.15) is 53.2 Å². The van der Waals surface area contributed by atoms with Gasteiger partial charge in [0.05, 0.1) is 6.54 Å². The summed E-state index contributed by atoms with van der Waals surface area (Å²) in [5.74, 6) is 0.121. The SMILES string of the molecule is CCc1ccsc1CNC(=O)c1cc(Cl)nc(C(C)C)c1. The van der Waals surface area contributed by atoms with Crippen LogP contribution in [0.4, 0.5) is 0 Å². The summed E-state index contributed by atoms with van der Waals surface area (Å²) in [6.07, 6.45) is 0.979. The highest BCUT2D eigenvalue weighted by atomic mass is 35.5. The highest BCUT2D eigenvalue weighted by Gasteiger charge is 2.12. The Morgan fingerprint density at radius 1 is 1.43 bits per heavy atom. The molecule has 0 aliphatic heterocycles. The van der Waals surface area contributed by atoms with Gasteiger partial charge < -0.3 is 5.32 Å². The molecule has 0 saturated carbocycles. The molecule has 0 unspecified atom stereocenters. The Labute approximate surface area is 134 Å². The van der Waals surface area contributed by atoms with Crippen molar-refractivity contribution in [3.05, 3.63) is 50.4 Å². The lowest BCUT2D eigenvalue weighted by molar-refractivity contribution is 0.0951. The molecule has 0 aromatic carbocycles. The minimum absolute atomic E-state index is 0.114. The molecular weight excluding hydrogens is 304 g/mol. The molecule has 0 bridgehead atoms. The summed E-state index contributed by atoms with van der Waals surface area (Å²) in [4.78, 5) is 17.7. The second-order valence-corrected chi connectivity index (χ2v) is 6.55. The largest absolute Gasteiger partial charge is 0.347 e. The van der Waals surface area contributed by atoms with Crippen LogP contribution < -0.4 is 5.32 Å². The third-order valence-corrected chi connectivity index (χ3v) is 4.45. The summed E-state index contributed by atoms with van der Waals surface area (Å²) in [6.45, 7) is 6.72. The van der Waals surface area contributed by atoms with E-state index in [1.165, 1.54) is 10.4 Å². The summed E-state index contributed by atoms with van der Waals surface area (Å²) in [6, 6.07) is 5.52. The molecule has 2 heterocycles. The van der Waals surface area contributed by atoms with Gasteiger partial charge in [0, 0.05) is 16.1 Å². The summed E-state index contributed by atoms with van der Waals surface area (Å²) in [7, 11) is 0. The Morgan fingerprint density at radius 3 is 2.86 bits per heavy atom. The molecule has 0 spiro atoms. The first-order valence-corrected chi connectivity index (χ1v) is 8.28. The first-order chi connectivity index (χ1) is 10.0. The van der Waals surface area contributed by atoms with E-state index in [-0.39, 0.29) is 11.8 Å². The van der Waals surface area contributed by atoms with Crippen molar-refractivity contribution in [1.82, 2.24) is 10.3 Å². The molecule has 0 fully saturated rings. The number of hydrogen-bond acceptors (Lipinski definition) is 3. The second-order valence-electron chi connectivity index (χ2n) is 5.16. The minimum atomic E-state index is -0.114. The predicted molar refractivity (Wildman–Crippen MR) is 88.2 cm³/mol. The van der Waals surface area contributed by atoms with E-state index in [2.05, 4.69) is 28.7 Å². The number of pyridine rings is 1. The summed E-state index contributed by atoms with van der Waals surface area (Å²) in [5, 5.41) is 5.37. The first kappa shape index (κ1) is 16.0. The van der Waals surface area contributed by atoms with Crippen molar-refractivity contribution in [2.45, 2.75) is 39.7 Å². The van der Waals surface area contributed by atoms with Crippen LogP contribution in [0, 0.1) is 0 Å². The van der Waals surface area contributed by atoms with Crippen LogP contribution in [0.15, 0.2) is 23.6 Å². The Bertz CT molecular complexity index is 637. The first-order valence-electron chi connectivity index (χ1n) is 7.02.